The van der Waals surface area contributed by atoms with Crippen LogP contribution in [0.2, 0.25) is 0 Å². The van der Waals surface area contributed by atoms with Crippen molar-refractivity contribution < 1.29 is 9.59 Å². The van der Waals surface area contributed by atoms with Crippen LogP contribution in [0.3, 0.4) is 0 Å². The molecule has 0 spiro atoms. The Labute approximate surface area is 192 Å². The lowest BCUT2D eigenvalue weighted by Gasteiger charge is -2.29. The summed E-state index contributed by atoms with van der Waals surface area (Å²) in [5.41, 5.74) is 3.89. The lowest BCUT2D eigenvalue weighted by molar-refractivity contribution is -0.134. The maximum absolute atomic E-state index is 13.3. The van der Waals surface area contributed by atoms with Crippen LogP contribution in [0.15, 0.2) is 48.5 Å². The summed E-state index contributed by atoms with van der Waals surface area (Å²) in [5.74, 6) is 0.370. The molecular weight excluding hydrogens is 398 g/mol. The van der Waals surface area contributed by atoms with Gasteiger partial charge in [-0.2, -0.15) is 0 Å². The van der Waals surface area contributed by atoms with Crippen LogP contribution in [-0.2, 0) is 22.7 Å². The molecule has 3 rings (SSSR count). The van der Waals surface area contributed by atoms with Crippen LogP contribution in [-0.4, -0.2) is 30.8 Å². The van der Waals surface area contributed by atoms with E-state index in [4.69, 9.17) is 0 Å². The highest BCUT2D eigenvalue weighted by molar-refractivity contribution is 5.93. The molecule has 5 nitrogen and oxygen atoms in total. The summed E-state index contributed by atoms with van der Waals surface area (Å²) in [6, 6.07) is 16.1. The molecular formula is C27H37N3O2. The lowest BCUT2D eigenvalue weighted by Crippen LogP contribution is -2.33. The zero-order valence-electron chi connectivity index (χ0n) is 20.1. The van der Waals surface area contributed by atoms with Gasteiger partial charge in [0.1, 0.15) is 0 Å². The SMILES string of the molecule is CN(C)c1ccc(NC(=O)C2CCC2)cc1CN(Cc1ccccc1)C(=O)CC(C)(C)C. The van der Waals surface area contributed by atoms with E-state index in [0.29, 0.717) is 19.5 Å². The highest BCUT2D eigenvalue weighted by atomic mass is 16.2. The minimum Gasteiger partial charge on any atom is -0.377 e. The van der Waals surface area contributed by atoms with E-state index in [0.717, 1.165) is 41.8 Å². The number of benzene rings is 2. The summed E-state index contributed by atoms with van der Waals surface area (Å²) in [6.45, 7) is 7.32. The third kappa shape index (κ3) is 6.59. The van der Waals surface area contributed by atoms with E-state index in [1.54, 1.807) is 0 Å². The monoisotopic (exact) mass is 435 g/mol. The molecule has 0 heterocycles. The van der Waals surface area contributed by atoms with Gasteiger partial charge < -0.3 is 15.1 Å². The molecule has 32 heavy (non-hydrogen) atoms. The average Bonchev–Trinajstić information content (AvgIpc) is 2.65. The molecule has 0 unspecified atom stereocenters. The highest BCUT2D eigenvalue weighted by Crippen LogP contribution is 2.30. The molecule has 1 fully saturated rings. The van der Waals surface area contributed by atoms with Crippen molar-refractivity contribution in [3.05, 3.63) is 59.7 Å². The molecule has 1 aliphatic carbocycles. The highest BCUT2D eigenvalue weighted by Gasteiger charge is 2.26. The van der Waals surface area contributed by atoms with Crippen LogP contribution >= 0.6 is 0 Å². The first-order chi connectivity index (χ1) is 15.1. The summed E-state index contributed by atoms with van der Waals surface area (Å²) >= 11 is 0. The fourth-order valence-electron chi connectivity index (χ4n) is 3.95. The molecule has 0 aliphatic heterocycles. The summed E-state index contributed by atoms with van der Waals surface area (Å²) in [7, 11) is 4.01. The Morgan fingerprint density at radius 3 is 2.25 bits per heavy atom. The quantitative estimate of drug-likeness (QED) is 0.599. The Morgan fingerprint density at radius 2 is 1.69 bits per heavy atom. The number of rotatable bonds is 8. The molecule has 2 aromatic rings. The molecule has 1 saturated carbocycles. The molecule has 2 aromatic carbocycles. The predicted octanol–water partition coefficient (Wildman–Crippen LogP) is 5.46. The van der Waals surface area contributed by atoms with Gasteiger partial charge in [0.15, 0.2) is 0 Å². The molecule has 0 atom stereocenters. The van der Waals surface area contributed by atoms with Gasteiger partial charge in [-0.25, -0.2) is 0 Å². The molecule has 0 radical (unpaired) electrons. The molecule has 0 bridgehead atoms. The van der Waals surface area contributed by atoms with Crippen molar-refractivity contribution in [2.75, 3.05) is 24.3 Å². The first kappa shape index (κ1) is 23.8. The van der Waals surface area contributed by atoms with Crippen LogP contribution in [0.25, 0.3) is 0 Å². The van der Waals surface area contributed by atoms with E-state index in [2.05, 4.69) is 43.1 Å². The van der Waals surface area contributed by atoms with Crippen LogP contribution < -0.4 is 10.2 Å². The van der Waals surface area contributed by atoms with E-state index in [1.807, 2.05) is 55.4 Å². The Hall–Kier alpha value is -2.82. The molecule has 1 N–H and O–H groups in total. The first-order valence-electron chi connectivity index (χ1n) is 11.6. The Balaban J connectivity index is 1.87. The topological polar surface area (TPSA) is 52.7 Å². The predicted molar refractivity (Wildman–Crippen MR) is 132 cm³/mol. The van der Waals surface area contributed by atoms with Crippen LogP contribution in [0, 0.1) is 11.3 Å². The minimum absolute atomic E-state index is 0.0883. The number of anilines is 2. The van der Waals surface area contributed by atoms with E-state index in [1.165, 1.54) is 0 Å². The molecule has 0 aromatic heterocycles. The summed E-state index contributed by atoms with van der Waals surface area (Å²) in [4.78, 5) is 29.7. The number of carbonyl (C=O) groups is 2. The van der Waals surface area contributed by atoms with E-state index in [-0.39, 0.29) is 23.1 Å². The molecule has 1 aliphatic rings. The van der Waals surface area contributed by atoms with Gasteiger partial charge in [0.25, 0.3) is 0 Å². The van der Waals surface area contributed by atoms with Crippen molar-refractivity contribution in [3.63, 3.8) is 0 Å². The number of hydrogen-bond acceptors (Lipinski definition) is 3. The van der Waals surface area contributed by atoms with E-state index in [9.17, 15) is 9.59 Å². The number of carbonyl (C=O) groups excluding carboxylic acids is 2. The van der Waals surface area contributed by atoms with Gasteiger partial charge in [0.05, 0.1) is 0 Å². The van der Waals surface area contributed by atoms with E-state index < -0.39 is 0 Å². The second-order valence-electron chi connectivity index (χ2n) is 10.3. The van der Waals surface area contributed by atoms with Gasteiger partial charge in [-0.1, -0.05) is 57.5 Å². The Kier molecular flexibility index (Phi) is 7.60. The van der Waals surface area contributed by atoms with Gasteiger partial charge in [-0.05, 0) is 47.6 Å². The fraction of sp³-hybridized carbons (Fsp3) is 0.481. The number of hydrogen-bond donors (Lipinski definition) is 1. The number of nitrogens with one attached hydrogen (secondary N) is 1. The second-order valence-corrected chi connectivity index (χ2v) is 10.3. The van der Waals surface area contributed by atoms with Crippen LogP contribution in [0.1, 0.15) is 57.6 Å². The van der Waals surface area contributed by atoms with Crippen molar-refractivity contribution in [3.8, 4) is 0 Å². The normalized spacial score (nSPS) is 13.9. The fourth-order valence-corrected chi connectivity index (χ4v) is 3.95. The zero-order chi connectivity index (χ0) is 23.3. The van der Waals surface area contributed by atoms with Crippen molar-refractivity contribution in [2.45, 2.75) is 59.5 Å². The van der Waals surface area contributed by atoms with Crippen LogP contribution in [0.4, 0.5) is 11.4 Å². The third-order valence-electron chi connectivity index (χ3n) is 5.92. The van der Waals surface area contributed by atoms with Gasteiger partial charge in [0, 0.05) is 50.9 Å². The maximum Gasteiger partial charge on any atom is 0.227 e. The molecule has 0 saturated heterocycles. The Morgan fingerprint density at radius 1 is 1.00 bits per heavy atom. The Bertz CT molecular complexity index is 928. The molecule has 2 amide bonds. The van der Waals surface area contributed by atoms with Crippen molar-refractivity contribution in [2.24, 2.45) is 11.3 Å². The van der Waals surface area contributed by atoms with Crippen molar-refractivity contribution >= 4 is 23.2 Å². The minimum atomic E-state index is -0.0883. The van der Waals surface area contributed by atoms with Gasteiger partial charge in [-0.15, -0.1) is 0 Å². The second kappa shape index (κ2) is 10.2. The number of amides is 2. The third-order valence-corrected chi connectivity index (χ3v) is 5.92. The summed E-state index contributed by atoms with van der Waals surface area (Å²) in [5, 5.41) is 3.08. The molecule has 5 heteroatoms. The zero-order valence-corrected chi connectivity index (χ0v) is 20.1. The first-order valence-corrected chi connectivity index (χ1v) is 11.6. The summed E-state index contributed by atoms with van der Waals surface area (Å²) in [6.07, 6.45) is 3.56. The van der Waals surface area contributed by atoms with Crippen LogP contribution in [0.5, 0.6) is 0 Å². The smallest absolute Gasteiger partial charge is 0.227 e. The summed E-state index contributed by atoms with van der Waals surface area (Å²) < 4.78 is 0. The average molecular weight is 436 g/mol. The maximum atomic E-state index is 13.3. The van der Waals surface area contributed by atoms with Crippen molar-refractivity contribution in [1.82, 2.24) is 4.90 Å². The van der Waals surface area contributed by atoms with Gasteiger partial charge in [-0.3, -0.25) is 9.59 Å². The van der Waals surface area contributed by atoms with Crippen molar-refractivity contribution in [1.29, 1.82) is 0 Å². The number of nitrogens with zero attached hydrogens (tertiary/aromatic N) is 2. The van der Waals surface area contributed by atoms with Gasteiger partial charge >= 0.3 is 0 Å². The van der Waals surface area contributed by atoms with Gasteiger partial charge in [0.2, 0.25) is 11.8 Å². The van der Waals surface area contributed by atoms with E-state index >= 15 is 0 Å². The molecule has 172 valence electrons. The lowest BCUT2D eigenvalue weighted by atomic mass is 9.85. The standard InChI is InChI=1S/C27H37N3O2/c1-27(2,3)17-25(31)30(18-20-10-7-6-8-11-20)19-22-16-23(14-15-24(22)29(4)5)28-26(32)21-12-9-13-21/h6-8,10-11,14-16,21H,9,12-13,17-19H2,1-5H3,(H,28,32). The largest absolute Gasteiger partial charge is 0.377 e.